The van der Waals surface area contributed by atoms with Crippen molar-refractivity contribution in [2.24, 2.45) is 0 Å². The molecule has 0 aromatic heterocycles. The lowest BCUT2D eigenvalue weighted by atomic mass is 10.0. The molecule has 0 saturated carbocycles. The summed E-state index contributed by atoms with van der Waals surface area (Å²) in [6, 6.07) is 0. The fourth-order valence-corrected chi connectivity index (χ4v) is 5.51. The first kappa shape index (κ1) is 40.9. The lowest BCUT2D eigenvalue weighted by Gasteiger charge is -2.21. The normalized spacial score (nSPS) is 12.9. The molecule has 0 rings (SSSR count). The van der Waals surface area contributed by atoms with Crippen molar-refractivity contribution in [3.63, 3.8) is 0 Å². The molecule has 6 heteroatoms. The average Bonchev–Trinajstić information content (AvgIpc) is 2.97. The van der Waals surface area contributed by atoms with Gasteiger partial charge in [0.05, 0.1) is 12.7 Å². The van der Waals surface area contributed by atoms with Crippen molar-refractivity contribution >= 4 is 11.9 Å². The molecule has 0 aliphatic rings. The number of carbonyl (C=O) groups is 2. The zero-order chi connectivity index (χ0) is 31.1. The Balaban J connectivity index is 3.89. The number of nitrogens with zero attached hydrogens (tertiary/aromatic N) is 1. The summed E-state index contributed by atoms with van der Waals surface area (Å²) in [7, 11) is 0. The fraction of sp³-hybridized carbons (Fsp3) is 0.944. The van der Waals surface area contributed by atoms with Crippen molar-refractivity contribution in [3.8, 4) is 0 Å². The first-order chi connectivity index (χ1) is 20.5. The molecule has 0 spiro atoms. The highest BCUT2D eigenvalue weighted by molar-refractivity contribution is 5.69. The summed E-state index contributed by atoms with van der Waals surface area (Å²) >= 11 is 0. The number of carbonyl (C=O) groups excluding carboxylic acids is 2. The molecule has 0 aromatic carbocycles. The number of aliphatic hydroxyl groups is 1. The number of esters is 2. The topological polar surface area (TPSA) is 76.1 Å². The van der Waals surface area contributed by atoms with Crippen LogP contribution in [0.1, 0.15) is 182 Å². The molecule has 250 valence electrons. The fourth-order valence-electron chi connectivity index (χ4n) is 5.51. The van der Waals surface area contributed by atoms with Crippen molar-refractivity contribution < 1.29 is 24.2 Å². The molecule has 0 amide bonds. The third-order valence-electron chi connectivity index (χ3n) is 8.23. The molecule has 6 nitrogen and oxygen atoms in total. The number of ether oxygens (including phenoxy) is 2. The quantitative estimate of drug-likeness (QED) is 0.0615. The van der Waals surface area contributed by atoms with Crippen LogP contribution in [-0.2, 0) is 19.1 Å². The van der Waals surface area contributed by atoms with Crippen LogP contribution in [0.15, 0.2) is 0 Å². The predicted molar refractivity (Wildman–Crippen MR) is 177 cm³/mol. The summed E-state index contributed by atoms with van der Waals surface area (Å²) in [6.07, 6.45) is 25.9. The van der Waals surface area contributed by atoms with E-state index in [4.69, 9.17) is 9.47 Å². The van der Waals surface area contributed by atoms with Gasteiger partial charge in [0, 0.05) is 19.4 Å². The molecule has 0 bridgehead atoms. The molecule has 0 heterocycles. The summed E-state index contributed by atoms with van der Waals surface area (Å²) in [4.78, 5) is 26.7. The summed E-state index contributed by atoms with van der Waals surface area (Å²) in [6.45, 7) is 11.6. The minimum atomic E-state index is -0.0488. The maximum atomic E-state index is 12.4. The highest BCUT2D eigenvalue weighted by atomic mass is 16.5. The Morgan fingerprint density at radius 3 is 1.55 bits per heavy atom. The number of hydrogen-bond acceptors (Lipinski definition) is 6. The Morgan fingerprint density at radius 1 is 0.548 bits per heavy atom. The predicted octanol–water partition coefficient (Wildman–Crippen LogP) is 9.55. The third kappa shape index (κ3) is 27.7. The lowest BCUT2D eigenvalue weighted by molar-refractivity contribution is -0.150. The van der Waals surface area contributed by atoms with Crippen LogP contribution < -0.4 is 0 Å². The van der Waals surface area contributed by atoms with Crippen molar-refractivity contribution in [1.82, 2.24) is 4.90 Å². The van der Waals surface area contributed by atoms with Gasteiger partial charge in [0.1, 0.15) is 6.10 Å². The van der Waals surface area contributed by atoms with Gasteiger partial charge in [0.15, 0.2) is 0 Å². The molecule has 1 unspecified atom stereocenters. The average molecular weight is 598 g/mol. The summed E-state index contributed by atoms with van der Waals surface area (Å²) in [5.74, 6) is -0.0506. The molecule has 1 N–H and O–H groups in total. The van der Waals surface area contributed by atoms with E-state index in [0.717, 1.165) is 116 Å². The summed E-state index contributed by atoms with van der Waals surface area (Å²) in [5, 5.41) is 9.46. The first-order valence-electron chi connectivity index (χ1n) is 18.2. The van der Waals surface area contributed by atoms with E-state index in [2.05, 4.69) is 25.7 Å². The van der Waals surface area contributed by atoms with Crippen LogP contribution in [0.3, 0.4) is 0 Å². The van der Waals surface area contributed by atoms with Crippen molar-refractivity contribution in [2.45, 2.75) is 194 Å². The van der Waals surface area contributed by atoms with E-state index in [1.807, 2.05) is 6.92 Å². The van der Waals surface area contributed by atoms with Crippen LogP contribution in [0, 0.1) is 0 Å². The highest BCUT2D eigenvalue weighted by Crippen LogP contribution is 2.17. The van der Waals surface area contributed by atoms with Gasteiger partial charge in [-0.2, -0.15) is 0 Å². The molecule has 0 fully saturated rings. The molecule has 2 atom stereocenters. The van der Waals surface area contributed by atoms with Crippen LogP contribution in [0.4, 0.5) is 0 Å². The minimum absolute atomic E-state index is 0.00180. The zero-order valence-electron chi connectivity index (χ0n) is 28.5. The second-order valence-electron chi connectivity index (χ2n) is 12.5. The number of aliphatic hydroxyl groups excluding tert-OH is 1. The van der Waals surface area contributed by atoms with Crippen molar-refractivity contribution in [1.29, 1.82) is 0 Å². The molecule has 0 radical (unpaired) electrons. The SMILES string of the molecule is CCCCCCC(CCCCC)OC(=O)CCCCCCCN(CCO)CCCCCCCC(=O)O[C@H](C)CCCC. The van der Waals surface area contributed by atoms with Gasteiger partial charge < -0.3 is 19.5 Å². The van der Waals surface area contributed by atoms with Crippen LogP contribution in [0.5, 0.6) is 0 Å². The van der Waals surface area contributed by atoms with E-state index >= 15 is 0 Å². The molecular formula is C36H71NO5. The van der Waals surface area contributed by atoms with Gasteiger partial charge >= 0.3 is 11.9 Å². The Kier molecular flexibility index (Phi) is 30.4. The lowest BCUT2D eigenvalue weighted by Crippen LogP contribution is -2.29. The van der Waals surface area contributed by atoms with Gasteiger partial charge in [-0.15, -0.1) is 0 Å². The van der Waals surface area contributed by atoms with Crippen LogP contribution in [0.25, 0.3) is 0 Å². The van der Waals surface area contributed by atoms with Crippen LogP contribution in [0.2, 0.25) is 0 Å². The Hall–Kier alpha value is -1.14. The van der Waals surface area contributed by atoms with E-state index in [1.54, 1.807) is 0 Å². The number of unbranched alkanes of at least 4 members (excludes halogenated alkanes) is 14. The molecule has 0 aliphatic heterocycles. The van der Waals surface area contributed by atoms with E-state index < -0.39 is 0 Å². The van der Waals surface area contributed by atoms with Crippen LogP contribution >= 0.6 is 0 Å². The van der Waals surface area contributed by atoms with E-state index in [0.29, 0.717) is 12.8 Å². The number of rotatable bonds is 32. The standard InChI is InChI=1S/C36H71NO5/c1-5-8-11-19-26-34(25-18-9-6-2)42-36(40)28-21-15-13-17-23-30-37(31-32-38)29-22-16-12-14-20-27-35(39)41-33(4)24-10-7-3/h33-34,38H,5-32H2,1-4H3/t33-,34?/m1/s1. The van der Waals surface area contributed by atoms with E-state index in [9.17, 15) is 14.7 Å². The van der Waals surface area contributed by atoms with Gasteiger partial charge in [-0.1, -0.05) is 104 Å². The second kappa shape index (κ2) is 31.3. The second-order valence-corrected chi connectivity index (χ2v) is 12.5. The Labute approximate surface area is 261 Å². The first-order valence-corrected chi connectivity index (χ1v) is 18.2. The third-order valence-corrected chi connectivity index (χ3v) is 8.23. The maximum Gasteiger partial charge on any atom is 0.306 e. The molecule has 0 aromatic rings. The van der Waals surface area contributed by atoms with E-state index in [1.165, 1.54) is 44.9 Å². The monoisotopic (exact) mass is 598 g/mol. The zero-order valence-corrected chi connectivity index (χ0v) is 28.5. The largest absolute Gasteiger partial charge is 0.463 e. The minimum Gasteiger partial charge on any atom is -0.463 e. The maximum absolute atomic E-state index is 12.4. The van der Waals surface area contributed by atoms with Gasteiger partial charge in [-0.05, 0) is 77.8 Å². The molecule has 42 heavy (non-hydrogen) atoms. The van der Waals surface area contributed by atoms with Gasteiger partial charge in [-0.3, -0.25) is 9.59 Å². The van der Waals surface area contributed by atoms with E-state index in [-0.39, 0.29) is 30.8 Å². The molecule has 0 aliphatic carbocycles. The van der Waals surface area contributed by atoms with Gasteiger partial charge in [0.2, 0.25) is 0 Å². The summed E-state index contributed by atoms with van der Waals surface area (Å²) in [5.41, 5.74) is 0. The smallest absolute Gasteiger partial charge is 0.306 e. The van der Waals surface area contributed by atoms with Gasteiger partial charge in [-0.25, -0.2) is 0 Å². The van der Waals surface area contributed by atoms with Crippen LogP contribution in [-0.4, -0.2) is 60.4 Å². The molecule has 0 saturated heterocycles. The Morgan fingerprint density at radius 2 is 1.00 bits per heavy atom. The molecular weight excluding hydrogens is 526 g/mol. The van der Waals surface area contributed by atoms with Crippen molar-refractivity contribution in [3.05, 3.63) is 0 Å². The van der Waals surface area contributed by atoms with Gasteiger partial charge in [0.25, 0.3) is 0 Å². The van der Waals surface area contributed by atoms with Crippen molar-refractivity contribution in [2.75, 3.05) is 26.2 Å². The summed E-state index contributed by atoms with van der Waals surface area (Å²) < 4.78 is 11.4. The number of hydrogen-bond donors (Lipinski definition) is 1. The Bertz CT molecular complexity index is 599. The highest BCUT2D eigenvalue weighted by Gasteiger charge is 2.14.